The van der Waals surface area contributed by atoms with Crippen molar-refractivity contribution in [1.29, 1.82) is 0 Å². The van der Waals surface area contributed by atoms with Crippen molar-refractivity contribution in [2.45, 2.75) is 109 Å². The van der Waals surface area contributed by atoms with Gasteiger partial charge in [0.2, 0.25) is 0 Å². The van der Waals surface area contributed by atoms with Gasteiger partial charge in [-0.25, -0.2) is 4.79 Å². The van der Waals surface area contributed by atoms with Crippen molar-refractivity contribution in [1.82, 2.24) is 14.8 Å². The van der Waals surface area contributed by atoms with Crippen molar-refractivity contribution in [3.8, 4) is 0 Å². The zero-order valence-electron chi connectivity index (χ0n) is 28.8. The molecule has 3 atom stereocenters. The summed E-state index contributed by atoms with van der Waals surface area (Å²) < 4.78 is 14.0. The number of hydrogen-bond acceptors (Lipinski definition) is 5. The molecule has 0 radical (unpaired) electrons. The van der Waals surface area contributed by atoms with Crippen LogP contribution in [0.15, 0.2) is 77.5 Å². The molecule has 1 aromatic heterocycles. The van der Waals surface area contributed by atoms with Crippen molar-refractivity contribution < 1.29 is 18.8 Å². The second kappa shape index (κ2) is 14.4. The lowest BCUT2D eigenvalue weighted by Crippen LogP contribution is -2.50. The predicted octanol–water partition coefficient (Wildman–Crippen LogP) is 9.19. The third-order valence-corrected chi connectivity index (χ3v) is 13.9. The summed E-state index contributed by atoms with van der Waals surface area (Å²) in [5, 5.41) is 0.0108. The van der Waals surface area contributed by atoms with Gasteiger partial charge in [0.05, 0.1) is 12.1 Å². The van der Waals surface area contributed by atoms with Crippen LogP contribution in [0.2, 0.25) is 18.1 Å². The van der Waals surface area contributed by atoms with E-state index in [1.54, 1.807) is 24.3 Å². The van der Waals surface area contributed by atoms with Gasteiger partial charge in [-0.2, -0.15) is 0 Å². The first-order valence-corrected chi connectivity index (χ1v) is 19.8. The number of ether oxygens (including phenoxy) is 1. The normalized spacial score (nSPS) is 17.9. The molecule has 1 aliphatic rings. The van der Waals surface area contributed by atoms with Crippen molar-refractivity contribution in [2.75, 3.05) is 7.05 Å². The molecular weight excluding hydrogens is 658 g/mol. The van der Waals surface area contributed by atoms with Crippen LogP contribution in [0, 0.1) is 0 Å². The van der Waals surface area contributed by atoms with E-state index in [0.717, 1.165) is 34.0 Å². The molecule has 0 spiro atoms. The summed E-state index contributed by atoms with van der Waals surface area (Å²) in [5.41, 5.74) is 3.09. The fourth-order valence-corrected chi connectivity index (χ4v) is 7.37. The molecule has 2 aromatic carbocycles. The lowest BCUT2D eigenvalue weighted by molar-refractivity contribution is -0.00239. The number of hydrogen-bond donors (Lipinski definition) is 0. The molecule has 2 heterocycles. The van der Waals surface area contributed by atoms with Gasteiger partial charge in [-0.1, -0.05) is 63.2 Å². The van der Waals surface area contributed by atoms with E-state index in [-0.39, 0.29) is 35.2 Å². The van der Waals surface area contributed by atoms with Gasteiger partial charge in [-0.15, -0.1) is 0 Å². The zero-order valence-corrected chi connectivity index (χ0v) is 31.4. The standard InChI is InChI=1S/C37H50BrN3O4Si/c1-36(2,3)44-35(43)41-31(19-20-32(41)33(28-13-11-10-12-14-28)45-46(8,9)37(4,5)6)22-26-15-17-29(18-16-26)34(42)40(7)25-27-21-30(38)24-39-23-27/h10-18,21,23-24,31-33H,19-20,22,25H2,1-9H3. The lowest BCUT2D eigenvalue weighted by atomic mass is 10.0. The van der Waals surface area contributed by atoms with Gasteiger partial charge >= 0.3 is 6.09 Å². The first kappa shape index (κ1) is 35.8. The van der Waals surface area contributed by atoms with Crippen LogP contribution >= 0.6 is 15.9 Å². The molecule has 3 aromatic rings. The monoisotopic (exact) mass is 707 g/mol. The summed E-state index contributed by atoms with van der Waals surface area (Å²) in [6, 6.07) is 19.8. The number of likely N-dealkylation sites (tertiary alicyclic amines) is 1. The smallest absolute Gasteiger partial charge is 0.410 e. The van der Waals surface area contributed by atoms with Gasteiger partial charge in [0, 0.05) is 42.1 Å². The molecule has 0 bridgehead atoms. The molecule has 0 N–H and O–H groups in total. The average Bonchev–Trinajstić information content (AvgIpc) is 3.38. The number of nitrogens with zero attached hydrogens (tertiary/aromatic N) is 3. The number of aromatic nitrogens is 1. The number of rotatable bonds is 9. The summed E-state index contributed by atoms with van der Waals surface area (Å²) in [6.07, 6.45) is 5.21. The van der Waals surface area contributed by atoms with Crippen LogP contribution in [0.25, 0.3) is 0 Å². The van der Waals surface area contributed by atoms with Crippen LogP contribution in [-0.2, 0) is 22.1 Å². The van der Waals surface area contributed by atoms with Crippen molar-refractivity contribution in [2.24, 2.45) is 0 Å². The maximum absolute atomic E-state index is 14.0. The quantitative estimate of drug-likeness (QED) is 0.207. The van der Waals surface area contributed by atoms with E-state index in [2.05, 4.69) is 66.9 Å². The minimum atomic E-state index is -2.20. The molecule has 3 unspecified atom stereocenters. The summed E-state index contributed by atoms with van der Waals surface area (Å²) in [4.78, 5) is 35.0. The first-order valence-electron chi connectivity index (χ1n) is 16.1. The third-order valence-electron chi connectivity index (χ3n) is 9.06. The van der Waals surface area contributed by atoms with E-state index in [1.165, 1.54) is 0 Å². The number of carbonyl (C=O) groups is 2. The molecule has 1 aliphatic heterocycles. The summed E-state index contributed by atoms with van der Waals surface area (Å²) in [6.45, 7) is 17.5. The second-order valence-electron chi connectivity index (χ2n) is 15.0. The summed E-state index contributed by atoms with van der Waals surface area (Å²) in [7, 11) is -0.405. The van der Waals surface area contributed by atoms with Crippen molar-refractivity contribution in [3.05, 3.63) is 99.8 Å². The van der Waals surface area contributed by atoms with E-state index in [0.29, 0.717) is 18.5 Å². The highest BCUT2D eigenvalue weighted by Gasteiger charge is 2.47. The van der Waals surface area contributed by atoms with Gasteiger partial charge in [0.1, 0.15) is 5.60 Å². The Bertz CT molecular complexity index is 1480. The van der Waals surface area contributed by atoms with Crippen LogP contribution in [-0.4, -0.2) is 59.8 Å². The Morgan fingerprint density at radius 2 is 1.63 bits per heavy atom. The number of pyridine rings is 1. The van der Waals surface area contributed by atoms with E-state index in [4.69, 9.17) is 9.16 Å². The Kier molecular flexibility index (Phi) is 11.2. The van der Waals surface area contributed by atoms with E-state index in [9.17, 15) is 9.59 Å². The molecule has 2 amide bonds. The first-order chi connectivity index (χ1) is 21.4. The molecule has 9 heteroatoms. The Hall–Kier alpha value is -3.01. The highest BCUT2D eigenvalue weighted by molar-refractivity contribution is 9.10. The fraction of sp³-hybridized carbons (Fsp3) is 0.486. The van der Waals surface area contributed by atoms with Gasteiger partial charge in [0.15, 0.2) is 8.32 Å². The van der Waals surface area contributed by atoms with Crippen LogP contribution in [0.4, 0.5) is 4.79 Å². The number of amides is 2. The van der Waals surface area contributed by atoms with Crippen LogP contribution in [0.3, 0.4) is 0 Å². The Morgan fingerprint density at radius 1 is 0.978 bits per heavy atom. The van der Waals surface area contributed by atoms with Gasteiger partial charge in [-0.05, 0) is 109 Å². The molecule has 7 nitrogen and oxygen atoms in total. The largest absolute Gasteiger partial charge is 0.444 e. The molecule has 46 heavy (non-hydrogen) atoms. The van der Waals surface area contributed by atoms with Crippen LogP contribution in [0.5, 0.6) is 0 Å². The van der Waals surface area contributed by atoms with E-state index < -0.39 is 13.9 Å². The Labute approximate surface area is 284 Å². The Morgan fingerprint density at radius 3 is 2.22 bits per heavy atom. The summed E-state index contributed by atoms with van der Waals surface area (Å²) >= 11 is 3.44. The maximum Gasteiger partial charge on any atom is 0.410 e. The molecule has 0 aliphatic carbocycles. The number of benzene rings is 2. The molecule has 1 saturated heterocycles. The maximum atomic E-state index is 14.0. The van der Waals surface area contributed by atoms with Gasteiger partial charge < -0.3 is 14.1 Å². The highest BCUT2D eigenvalue weighted by atomic mass is 79.9. The highest BCUT2D eigenvalue weighted by Crippen LogP contribution is 2.44. The van der Waals surface area contributed by atoms with E-state index >= 15 is 0 Å². The van der Waals surface area contributed by atoms with E-state index in [1.807, 2.05) is 74.2 Å². The van der Waals surface area contributed by atoms with Crippen LogP contribution in [0.1, 0.15) is 87.5 Å². The zero-order chi connectivity index (χ0) is 33.9. The van der Waals surface area contributed by atoms with Crippen LogP contribution < -0.4 is 0 Å². The summed E-state index contributed by atoms with van der Waals surface area (Å²) in [5.74, 6) is -0.0590. The second-order valence-corrected chi connectivity index (χ2v) is 20.6. The van der Waals surface area contributed by atoms with Crippen molar-refractivity contribution in [3.63, 3.8) is 0 Å². The molecular formula is C37H50BrN3O4Si. The number of halogens is 1. The third kappa shape index (κ3) is 9.07. The van der Waals surface area contributed by atoms with Gasteiger partial charge in [-0.3, -0.25) is 14.7 Å². The van der Waals surface area contributed by atoms with Crippen molar-refractivity contribution >= 4 is 36.2 Å². The molecule has 4 rings (SSSR count). The minimum absolute atomic E-state index is 0.0108. The SMILES string of the molecule is CN(Cc1cncc(Br)c1)C(=O)c1ccc(CC2CCC(C(O[Si](C)(C)C(C)(C)C)c3ccccc3)N2C(=O)OC(C)(C)C)cc1. The Balaban J connectivity index is 1.58. The topological polar surface area (TPSA) is 72.0 Å². The fourth-order valence-electron chi connectivity index (χ4n) is 5.68. The average molecular weight is 709 g/mol. The van der Waals surface area contributed by atoms with Gasteiger partial charge in [0.25, 0.3) is 5.91 Å². The minimum Gasteiger partial charge on any atom is -0.444 e. The number of carbonyl (C=O) groups excluding carboxylic acids is 2. The lowest BCUT2D eigenvalue weighted by Gasteiger charge is -2.43. The molecule has 0 saturated carbocycles. The molecule has 1 fully saturated rings. The molecule has 248 valence electrons. The predicted molar refractivity (Wildman–Crippen MR) is 190 cm³/mol.